The van der Waals surface area contributed by atoms with Gasteiger partial charge >= 0.3 is 0 Å². The summed E-state index contributed by atoms with van der Waals surface area (Å²) in [5, 5.41) is 1.87. The smallest absolute Gasteiger partial charge is 0.264 e. The number of hydrogen-bond acceptors (Lipinski definition) is 5. The molecule has 3 heterocycles. The van der Waals surface area contributed by atoms with Crippen LogP contribution in [-0.4, -0.2) is 60.7 Å². The minimum Gasteiger partial charge on any atom is -0.347 e. The fraction of sp³-hybridized carbons (Fsp3) is 0.240. The molecule has 0 radical (unpaired) electrons. The molecule has 1 aromatic heterocycles. The second-order valence-corrected chi connectivity index (χ2v) is 9.17. The van der Waals surface area contributed by atoms with Gasteiger partial charge in [0.2, 0.25) is 0 Å². The Bertz CT molecular complexity index is 1250. The highest BCUT2D eigenvalue weighted by Gasteiger charge is 2.26. The van der Waals surface area contributed by atoms with Crippen molar-refractivity contribution in [1.82, 2.24) is 9.80 Å². The largest absolute Gasteiger partial charge is 0.347 e. The van der Waals surface area contributed by atoms with E-state index in [2.05, 4.69) is 4.99 Å². The number of benzene rings is 2. The summed E-state index contributed by atoms with van der Waals surface area (Å²) in [7, 11) is 0. The molecule has 0 bridgehead atoms. The van der Waals surface area contributed by atoms with Gasteiger partial charge in [0.05, 0.1) is 4.88 Å². The standard InChI is InChI=1S/C25H22F2N4O2S/c26-20-4-6-22-18(13-20)14-28-16-31(22)15-19-12-17(3-5-21(19)27)24(32)29-7-9-30(10-8-29)25(33)23-2-1-11-34-23/h1-6,11-14H,7-10,15-16H2. The van der Waals surface area contributed by atoms with Crippen LogP contribution in [0.2, 0.25) is 0 Å². The van der Waals surface area contributed by atoms with E-state index in [0.717, 1.165) is 5.69 Å². The summed E-state index contributed by atoms with van der Waals surface area (Å²) >= 11 is 1.40. The first-order chi connectivity index (χ1) is 16.5. The number of nitrogens with zero attached hydrogens (tertiary/aromatic N) is 4. The topological polar surface area (TPSA) is 56.2 Å². The van der Waals surface area contributed by atoms with Gasteiger partial charge in [-0.15, -0.1) is 11.3 Å². The Morgan fingerprint density at radius 3 is 2.44 bits per heavy atom. The van der Waals surface area contributed by atoms with Gasteiger partial charge in [0.1, 0.15) is 18.3 Å². The first-order valence-corrected chi connectivity index (χ1v) is 11.8. The molecule has 0 saturated carbocycles. The molecule has 0 spiro atoms. The van der Waals surface area contributed by atoms with E-state index in [-0.39, 0.29) is 24.2 Å². The van der Waals surface area contributed by atoms with Crippen LogP contribution in [0.15, 0.2) is 58.9 Å². The molecule has 174 valence electrons. The molecule has 2 aromatic carbocycles. The lowest BCUT2D eigenvalue weighted by atomic mass is 10.1. The molecule has 3 aromatic rings. The number of aliphatic imine (C=N–C) groups is 1. The van der Waals surface area contributed by atoms with E-state index in [1.807, 2.05) is 16.3 Å². The Labute approximate surface area is 199 Å². The number of piperazine rings is 1. The van der Waals surface area contributed by atoms with Crippen LogP contribution >= 0.6 is 11.3 Å². The predicted molar refractivity (Wildman–Crippen MR) is 128 cm³/mol. The highest BCUT2D eigenvalue weighted by Crippen LogP contribution is 2.26. The Morgan fingerprint density at radius 1 is 0.941 bits per heavy atom. The zero-order valence-electron chi connectivity index (χ0n) is 18.3. The lowest BCUT2D eigenvalue weighted by Crippen LogP contribution is -2.50. The molecule has 5 rings (SSSR count). The molecular formula is C25H22F2N4O2S. The first kappa shape index (κ1) is 22.2. The van der Waals surface area contributed by atoms with Crippen molar-refractivity contribution in [2.24, 2.45) is 4.99 Å². The molecule has 34 heavy (non-hydrogen) atoms. The molecule has 1 saturated heterocycles. The van der Waals surface area contributed by atoms with Gasteiger partial charge in [0.15, 0.2) is 0 Å². The fourth-order valence-electron chi connectivity index (χ4n) is 4.25. The number of carbonyl (C=O) groups excluding carboxylic acids is 2. The molecule has 1 fully saturated rings. The van der Waals surface area contributed by atoms with Crippen LogP contribution in [-0.2, 0) is 6.54 Å². The normalized spacial score (nSPS) is 15.4. The van der Waals surface area contributed by atoms with E-state index in [1.165, 1.54) is 35.6 Å². The van der Waals surface area contributed by atoms with E-state index in [1.54, 1.807) is 34.2 Å². The Morgan fingerprint density at radius 2 is 1.71 bits per heavy atom. The monoisotopic (exact) mass is 480 g/mol. The predicted octanol–water partition coefficient (Wildman–Crippen LogP) is 4.02. The summed E-state index contributed by atoms with van der Waals surface area (Å²) < 4.78 is 28.2. The molecule has 0 unspecified atom stereocenters. The highest BCUT2D eigenvalue weighted by molar-refractivity contribution is 7.12. The van der Waals surface area contributed by atoms with Crippen LogP contribution in [0, 0.1) is 11.6 Å². The average molecular weight is 481 g/mol. The van der Waals surface area contributed by atoms with Crippen LogP contribution in [0.5, 0.6) is 0 Å². The van der Waals surface area contributed by atoms with Crippen molar-refractivity contribution in [3.63, 3.8) is 0 Å². The Hall–Kier alpha value is -3.59. The molecule has 0 atom stereocenters. The van der Waals surface area contributed by atoms with Gasteiger partial charge < -0.3 is 14.7 Å². The van der Waals surface area contributed by atoms with Gasteiger partial charge in [0, 0.05) is 61.3 Å². The van der Waals surface area contributed by atoms with Crippen molar-refractivity contribution in [1.29, 1.82) is 0 Å². The first-order valence-electron chi connectivity index (χ1n) is 10.9. The number of halogens is 2. The molecule has 0 aliphatic carbocycles. The van der Waals surface area contributed by atoms with Gasteiger partial charge in [-0.05, 0) is 47.8 Å². The van der Waals surface area contributed by atoms with E-state index in [9.17, 15) is 18.4 Å². The molecule has 2 aliphatic heterocycles. The quantitative estimate of drug-likeness (QED) is 0.567. The maximum absolute atomic E-state index is 14.7. The SMILES string of the molecule is O=C(c1ccc(F)c(CN2CN=Cc3cc(F)ccc32)c1)N1CCN(C(=O)c2cccs2)CC1. The number of rotatable bonds is 4. The fourth-order valence-corrected chi connectivity index (χ4v) is 4.94. The summed E-state index contributed by atoms with van der Waals surface area (Å²) in [6.07, 6.45) is 1.61. The maximum atomic E-state index is 14.7. The van der Waals surface area contributed by atoms with Gasteiger partial charge in [-0.2, -0.15) is 0 Å². The number of amides is 2. The summed E-state index contributed by atoms with van der Waals surface area (Å²) in [5.41, 5.74) is 2.16. The van der Waals surface area contributed by atoms with Crippen LogP contribution in [0.1, 0.15) is 31.2 Å². The molecule has 2 aliphatic rings. The van der Waals surface area contributed by atoms with Crippen LogP contribution in [0.4, 0.5) is 14.5 Å². The number of carbonyl (C=O) groups is 2. The molecule has 9 heteroatoms. The number of hydrogen-bond donors (Lipinski definition) is 0. The van der Waals surface area contributed by atoms with E-state index >= 15 is 0 Å². The van der Waals surface area contributed by atoms with Crippen molar-refractivity contribution in [2.45, 2.75) is 6.54 Å². The van der Waals surface area contributed by atoms with E-state index in [4.69, 9.17) is 0 Å². The molecule has 2 amide bonds. The summed E-state index contributed by atoms with van der Waals surface area (Å²) in [6.45, 7) is 2.26. The number of thiophene rings is 1. The van der Waals surface area contributed by atoms with Crippen LogP contribution in [0.3, 0.4) is 0 Å². The number of fused-ring (bicyclic) bond motifs is 1. The van der Waals surface area contributed by atoms with Crippen molar-refractivity contribution < 1.29 is 18.4 Å². The molecule has 6 nitrogen and oxygen atoms in total. The highest BCUT2D eigenvalue weighted by atomic mass is 32.1. The zero-order chi connectivity index (χ0) is 23.7. The molecular weight excluding hydrogens is 458 g/mol. The van der Waals surface area contributed by atoms with Crippen molar-refractivity contribution >= 4 is 35.1 Å². The minimum absolute atomic E-state index is 0.0180. The summed E-state index contributed by atoms with van der Waals surface area (Å²) in [6, 6.07) is 12.4. The van der Waals surface area contributed by atoms with E-state index < -0.39 is 5.82 Å². The Balaban J connectivity index is 1.27. The van der Waals surface area contributed by atoms with Crippen LogP contribution in [0.25, 0.3) is 0 Å². The van der Waals surface area contributed by atoms with Gasteiger partial charge in [-0.1, -0.05) is 6.07 Å². The van der Waals surface area contributed by atoms with Gasteiger partial charge in [0.25, 0.3) is 11.8 Å². The minimum atomic E-state index is -0.416. The lowest BCUT2D eigenvalue weighted by Gasteiger charge is -2.34. The van der Waals surface area contributed by atoms with Crippen LogP contribution < -0.4 is 4.90 Å². The van der Waals surface area contributed by atoms with Crippen molar-refractivity contribution in [3.8, 4) is 0 Å². The van der Waals surface area contributed by atoms with E-state index in [0.29, 0.717) is 54.4 Å². The summed E-state index contributed by atoms with van der Waals surface area (Å²) in [4.78, 5) is 35.9. The third-order valence-electron chi connectivity index (χ3n) is 6.05. The van der Waals surface area contributed by atoms with Gasteiger partial charge in [-0.3, -0.25) is 14.6 Å². The van der Waals surface area contributed by atoms with Gasteiger partial charge in [-0.25, -0.2) is 8.78 Å². The third-order valence-corrected chi connectivity index (χ3v) is 6.91. The maximum Gasteiger partial charge on any atom is 0.264 e. The average Bonchev–Trinajstić information content (AvgIpc) is 3.40. The zero-order valence-corrected chi connectivity index (χ0v) is 19.1. The number of anilines is 1. The van der Waals surface area contributed by atoms with Crippen molar-refractivity contribution in [3.05, 3.63) is 87.1 Å². The second-order valence-electron chi connectivity index (χ2n) is 8.22. The third kappa shape index (κ3) is 4.43. The summed E-state index contributed by atoms with van der Waals surface area (Å²) in [5.74, 6) is -0.983. The molecule has 0 N–H and O–H groups in total. The Kier molecular flexibility index (Phi) is 6.10. The second kappa shape index (κ2) is 9.34. The lowest BCUT2D eigenvalue weighted by molar-refractivity contribution is 0.0538. The van der Waals surface area contributed by atoms with Crippen molar-refractivity contribution in [2.75, 3.05) is 37.7 Å².